The first kappa shape index (κ1) is 13.1. The largest absolute Gasteiger partial charge is 0.396 e. The molecule has 0 amide bonds. The number of anilines is 2. The van der Waals surface area contributed by atoms with E-state index >= 15 is 0 Å². The molecule has 0 bridgehead atoms. The average Bonchev–Trinajstić information content (AvgIpc) is 2.67. The van der Waals surface area contributed by atoms with E-state index in [0.29, 0.717) is 18.1 Å². The van der Waals surface area contributed by atoms with Crippen LogP contribution in [0.15, 0.2) is 4.90 Å². The van der Waals surface area contributed by atoms with Crippen molar-refractivity contribution in [3.63, 3.8) is 0 Å². The van der Waals surface area contributed by atoms with E-state index in [-0.39, 0.29) is 15.5 Å². The highest BCUT2D eigenvalue weighted by Gasteiger charge is 2.27. The minimum absolute atomic E-state index is 0.0820. The summed E-state index contributed by atoms with van der Waals surface area (Å²) in [6.07, 6.45) is 1.12. The molecule has 0 aliphatic carbocycles. The molecule has 1 aromatic heterocycles. The van der Waals surface area contributed by atoms with Gasteiger partial charge in [0.2, 0.25) is 0 Å². The summed E-state index contributed by atoms with van der Waals surface area (Å²) in [6, 6.07) is 1.95. The van der Waals surface area contributed by atoms with Crippen molar-refractivity contribution in [3.8, 4) is 6.07 Å². The quantitative estimate of drug-likeness (QED) is 0.795. The van der Waals surface area contributed by atoms with Gasteiger partial charge in [0, 0.05) is 32.4 Å². The Hall–Kier alpha value is -1.30. The number of nitriles is 1. The van der Waals surface area contributed by atoms with Crippen LogP contribution in [-0.2, 0) is 9.84 Å². The highest BCUT2D eigenvalue weighted by molar-refractivity contribution is 7.91. The van der Waals surface area contributed by atoms with E-state index < -0.39 is 9.84 Å². The van der Waals surface area contributed by atoms with Crippen LogP contribution in [0.3, 0.4) is 0 Å². The zero-order chi connectivity index (χ0) is 13.3. The van der Waals surface area contributed by atoms with Crippen LogP contribution in [0.1, 0.15) is 4.88 Å². The van der Waals surface area contributed by atoms with Crippen molar-refractivity contribution in [2.45, 2.75) is 4.90 Å². The van der Waals surface area contributed by atoms with E-state index in [1.54, 1.807) is 0 Å². The third-order valence-corrected chi connectivity index (χ3v) is 5.21. The number of nitrogens with zero attached hydrogens (tertiary/aromatic N) is 2. The summed E-state index contributed by atoms with van der Waals surface area (Å²) in [5.74, 6) is 0. The lowest BCUT2D eigenvalue weighted by Gasteiger charge is -2.28. The van der Waals surface area contributed by atoms with E-state index in [1.807, 2.05) is 11.0 Å². The number of nitrogen functional groups attached to an aromatic ring is 1. The number of hydrogen-bond donors (Lipinski definition) is 2. The lowest BCUT2D eigenvalue weighted by Crippen LogP contribution is -2.43. The van der Waals surface area contributed by atoms with Gasteiger partial charge in [0.25, 0.3) is 0 Å². The normalized spacial score (nSPS) is 16.6. The number of sulfone groups is 1. The van der Waals surface area contributed by atoms with Crippen LogP contribution in [0.25, 0.3) is 0 Å². The fourth-order valence-electron chi connectivity index (χ4n) is 1.93. The summed E-state index contributed by atoms with van der Waals surface area (Å²) >= 11 is 1.15. The first-order valence-electron chi connectivity index (χ1n) is 5.43. The third-order valence-electron chi connectivity index (χ3n) is 2.76. The number of rotatable bonds is 2. The first-order chi connectivity index (χ1) is 8.45. The number of piperazine rings is 1. The molecule has 1 aliphatic heterocycles. The molecule has 3 N–H and O–H groups in total. The van der Waals surface area contributed by atoms with Crippen molar-refractivity contribution in [3.05, 3.63) is 4.88 Å². The molecule has 0 unspecified atom stereocenters. The number of thiophene rings is 1. The molecule has 1 aliphatic rings. The lowest BCUT2D eigenvalue weighted by molar-refractivity contribution is 0.585. The number of hydrogen-bond acceptors (Lipinski definition) is 7. The van der Waals surface area contributed by atoms with Crippen molar-refractivity contribution < 1.29 is 8.42 Å². The van der Waals surface area contributed by atoms with E-state index in [0.717, 1.165) is 30.7 Å². The topological polar surface area (TPSA) is 99.2 Å². The second-order valence-corrected chi connectivity index (χ2v) is 7.05. The minimum atomic E-state index is -3.43. The van der Waals surface area contributed by atoms with Crippen molar-refractivity contribution in [2.24, 2.45) is 0 Å². The number of nitrogens with two attached hydrogens (primary N) is 1. The molecular formula is C10H14N4O2S2. The highest BCUT2D eigenvalue weighted by Crippen LogP contribution is 2.41. The smallest absolute Gasteiger partial charge is 0.180 e. The summed E-state index contributed by atoms with van der Waals surface area (Å²) in [7, 11) is -3.43. The van der Waals surface area contributed by atoms with Gasteiger partial charge in [-0.05, 0) is 0 Å². The van der Waals surface area contributed by atoms with Gasteiger partial charge >= 0.3 is 0 Å². The molecule has 98 valence electrons. The molecule has 0 saturated carbocycles. The molecule has 1 fully saturated rings. The molecule has 6 nitrogen and oxygen atoms in total. The molecule has 1 aromatic rings. The second-order valence-electron chi connectivity index (χ2n) is 4.10. The van der Waals surface area contributed by atoms with Crippen LogP contribution in [-0.4, -0.2) is 40.9 Å². The zero-order valence-electron chi connectivity index (χ0n) is 9.93. The maximum Gasteiger partial charge on any atom is 0.180 e. The van der Waals surface area contributed by atoms with E-state index in [9.17, 15) is 8.42 Å². The molecule has 2 rings (SSSR count). The van der Waals surface area contributed by atoms with Crippen LogP contribution in [0, 0.1) is 11.3 Å². The van der Waals surface area contributed by atoms with Gasteiger partial charge in [-0.2, -0.15) is 5.26 Å². The zero-order valence-corrected chi connectivity index (χ0v) is 11.6. The predicted molar refractivity (Wildman–Crippen MR) is 71.6 cm³/mol. The van der Waals surface area contributed by atoms with Crippen LogP contribution in [0.5, 0.6) is 0 Å². The Bertz CT molecular complexity index is 594. The van der Waals surface area contributed by atoms with Gasteiger partial charge in [-0.1, -0.05) is 0 Å². The Labute approximate surface area is 110 Å². The molecular weight excluding hydrogens is 272 g/mol. The molecule has 2 heterocycles. The Kier molecular flexibility index (Phi) is 3.47. The third kappa shape index (κ3) is 2.29. The number of nitrogens with one attached hydrogen (secondary N) is 1. The predicted octanol–water partition coefficient (Wildman–Crippen LogP) is 0.0151. The molecule has 0 aromatic carbocycles. The standard InChI is InChI=1S/C10H14N4O2S2/c1-18(15,16)9-8(12)7(6-11)17-10(9)14-4-2-13-3-5-14/h13H,2-5,12H2,1H3. The van der Waals surface area contributed by atoms with Gasteiger partial charge in [-0.25, -0.2) is 8.42 Å². The van der Waals surface area contributed by atoms with Gasteiger partial charge in [0.1, 0.15) is 20.8 Å². The maximum atomic E-state index is 11.8. The summed E-state index contributed by atoms with van der Waals surface area (Å²) in [4.78, 5) is 2.34. The Morgan fingerprint density at radius 2 is 2.06 bits per heavy atom. The first-order valence-corrected chi connectivity index (χ1v) is 8.14. The van der Waals surface area contributed by atoms with Crippen LogP contribution in [0.2, 0.25) is 0 Å². The molecule has 18 heavy (non-hydrogen) atoms. The lowest BCUT2D eigenvalue weighted by atomic mass is 10.3. The Morgan fingerprint density at radius 1 is 1.44 bits per heavy atom. The summed E-state index contributed by atoms with van der Waals surface area (Å²) < 4.78 is 23.6. The van der Waals surface area contributed by atoms with Gasteiger partial charge in [0.15, 0.2) is 9.84 Å². The SMILES string of the molecule is CS(=O)(=O)c1c(N2CCNCC2)sc(C#N)c1N. The van der Waals surface area contributed by atoms with Gasteiger partial charge in [-0.3, -0.25) is 0 Å². The highest BCUT2D eigenvalue weighted by atomic mass is 32.2. The molecule has 0 radical (unpaired) electrons. The van der Waals surface area contributed by atoms with Crippen molar-refractivity contribution >= 4 is 31.9 Å². The average molecular weight is 286 g/mol. The summed E-state index contributed by atoms with van der Waals surface area (Å²) in [5, 5.41) is 12.8. The fraction of sp³-hybridized carbons (Fsp3) is 0.500. The maximum absolute atomic E-state index is 11.8. The second kappa shape index (κ2) is 4.76. The van der Waals surface area contributed by atoms with Crippen LogP contribution < -0.4 is 16.0 Å². The fourth-order valence-corrected chi connectivity index (χ4v) is 4.49. The van der Waals surface area contributed by atoms with Crippen LogP contribution in [0.4, 0.5) is 10.7 Å². The summed E-state index contributed by atoms with van der Waals surface area (Å²) in [6.45, 7) is 3.02. The van der Waals surface area contributed by atoms with Crippen molar-refractivity contribution in [1.29, 1.82) is 5.26 Å². The van der Waals surface area contributed by atoms with Gasteiger partial charge in [-0.15, -0.1) is 11.3 Å². The van der Waals surface area contributed by atoms with Crippen molar-refractivity contribution in [1.82, 2.24) is 5.32 Å². The van der Waals surface area contributed by atoms with Gasteiger partial charge in [0.05, 0.1) is 5.69 Å². The molecule has 0 atom stereocenters. The van der Waals surface area contributed by atoms with Gasteiger partial charge < -0.3 is 16.0 Å². The Morgan fingerprint density at radius 3 is 2.56 bits per heavy atom. The van der Waals surface area contributed by atoms with E-state index in [2.05, 4.69) is 5.32 Å². The molecule has 0 spiro atoms. The monoisotopic (exact) mass is 286 g/mol. The van der Waals surface area contributed by atoms with E-state index in [4.69, 9.17) is 11.0 Å². The summed E-state index contributed by atoms with van der Waals surface area (Å²) in [5.41, 5.74) is 5.86. The van der Waals surface area contributed by atoms with Crippen molar-refractivity contribution in [2.75, 3.05) is 43.1 Å². The molecule has 1 saturated heterocycles. The Balaban J connectivity index is 2.56. The van der Waals surface area contributed by atoms with E-state index in [1.165, 1.54) is 0 Å². The molecule has 8 heteroatoms. The van der Waals surface area contributed by atoms with Crippen LogP contribution >= 0.6 is 11.3 Å². The minimum Gasteiger partial charge on any atom is -0.396 e.